The maximum atomic E-state index is 13.3. The van der Waals surface area contributed by atoms with Crippen LogP contribution in [0.3, 0.4) is 0 Å². The Labute approximate surface area is 150 Å². The fraction of sp³-hybridized carbons (Fsp3) is 0.650. The van der Waals surface area contributed by atoms with Crippen LogP contribution >= 0.6 is 0 Å². The Morgan fingerprint density at radius 1 is 1.04 bits per heavy atom. The Bertz CT molecular complexity index is 659. The molecule has 0 radical (unpaired) electrons. The Kier molecular flexibility index (Phi) is 4.38. The number of carbonyl (C=O) groups excluding carboxylic acids is 1. The van der Waals surface area contributed by atoms with Crippen molar-refractivity contribution in [3.8, 4) is 17.2 Å². The fourth-order valence-electron chi connectivity index (χ4n) is 5.07. The van der Waals surface area contributed by atoms with Gasteiger partial charge in [0.2, 0.25) is 5.75 Å². The van der Waals surface area contributed by atoms with Crippen molar-refractivity contribution >= 4 is 5.91 Å². The normalized spacial score (nSPS) is 27.1. The van der Waals surface area contributed by atoms with Gasteiger partial charge in [0.15, 0.2) is 11.5 Å². The lowest BCUT2D eigenvalue weighted by atomic mass is 9.65. The molecule has 25 heavy (non-hydrogen) atoms. The van der Waals surface area contributed by atoms with Gasteiger partial charge in [-0.25, -0.2) is 0 Å². The Morgan fingerprint density at radius 2 is 1.64 bits per heavy atom. The first-order valence-corrected chi connectivity index (χ1v) is 8.83. The van der Waals surface area contributed by atoms with E-state index in [-0.39, 0.29) is 16.7 Å². The van der Waals surface area contributed by atoms with E-state index in [1.54, 1.807) is 33.5 Å². The summed E-state index contributed by atoms with van der Waals surface area (Å²) < 4.78 is 16.1. The number of nitrogens with zero attached hydrogens (tertiary/aromatic N) is 1. The highest BCUT2D eigenvalue weighted by atomic mass is 16.5. The van der Waals surface area contributed by atoms with Gasteiger partial charge in [0.25, 0.3) is 5.91 Å². The van der Waals surface area contributed by atoms with Crippen molar-refractivity contribution in [2.24, 2.45) is 10.8 Å². The highest BCUT2D eigenvalue weighted by Gasteiger charge is 2.51. The topological polar surface area (TPSA) is 48.0 Å². The van der Waals surface area contributed by atoms with Crippen LogP contribution in [-0.4, -0.2) is 44.7 Å². The van der Waals surface area contributed by atoms with Gasteiger partial charge in [-0.2, -0.15) is 0 Å². The van der Waals surface area contributed by atoms with E-state index in [0.29, 0.717) is 28.9 Å². The summed E-state index contributed by atoms with van der Waals surface area (Å²) in [5.41, 5.74) is 1.08. The molecule has 1 aromatic rings. The predicted molar refractivity (Wildman–Crippen MR) is 96.7 cm³/mol. The lowest BCUT2D eigenvalue weighted by Gasteiger charge is -2.39. The Hall–Kier alpha value is -1.91. The molecule has 138 valence electrons. The molecule has 1 saturated heterocycles. The molecule has 1 aliphatic heterocycles. The monoisotopic (exact) mass is 347 g/mol. The molecule has 2 unspecified atom stereocenters. The number of hydrogen-bond donors (Lipinski definition) is 0. The minimum absolute atomic E-state index is 0.0469. The summed E-state index contributed by atoms with van der Waals surface area (Å²) in [7, 11) is 4.70. The van der Waals surface area contributed by atoms with Gasteiger partial charge < -0.3 is 19.1 Å². The van der Waals surface area contributed by atoms with E-state index in [1.165, 1.54) is 0 Å². The second kappa shape index (κ2) is 6.11. The van der Waals surface area contributed by atoms with Gasteiger partial charge in [-0.1, -0.05) is 20.8 Å². The number of likely N-dealkylation sites (tertiary alicyclic amines) is 1. The first-order chi connectivity index (χ1) is 11.7. The average molecular weight is 347 g/mol. The van der Waals surface area contributed by atoms with E-state index in [0.717, 1.165) is 25.8 Å². The van der Waals surface area contributed by atoms with Crippen molar-refractivity contribution in [1.82, 2.24) is 4.90 Å². The molecule has 1 heterocycles. The van der Waals surface area contributed by atoms with Gasteiger partial charge in [-0.05, 0) is 42.2 Å². The van der Waals surface area contributed by atoms with Crippen LogP contribution in [0.4, 0.5) is 0 Å². The Morgan fingerprint density at radius 3 is 2.16 bits per heavy atom. The van der Waals surface area contributed by atoms with Gasteiger partial charge in [-0.3, -0.25) is 4.79 Å². The van der Waals surface area contributed by atoms with Crippen molar-refractivity contribution in [3.05, 3.63) is 17.7 Å². The number of carbonyl (C=O) groups is 1. The van der Waals surface area contributed by atoms with Gasteiger partial charge in [0, 0.05) is 18.2 Å². The highest BCUT2D eigenvalue weighted by Crippen LogP contribution is 2.53. The maximum absolute atomic E-state index is 13.3. The molecule has 2 fully saturated rings. The summed E-state index contributed by atoms with van der Waals surface area (Å²) in [6.45, 7) is 7.75. The summed E-state index contributed by atoms with van der Waals surface area (Å²) in [6.07, 6.45) is 3.31. The summed E-state index contributed by atoms with van der Waals surface area (Å²) >= 11 is 0. The fourth-order valence-corrected chi connectivity index (χ4v) is 5.07. The summed E-state index contributed by atoms with van der Waals surface area (Å²) in [5, 5.41) is 0. The number of benzene rings is 1. The molecule has 3 rings (SSSR count). The van der Waals surface area contributed by atoms with Crippen LogP contribution in [0.2, 0.25) is 0 Å². The third-order valence-electron chi connectivity index (χ3n) is 5.59. The zero-order valence-electron chi connectivity index (χ0n) is 16.1. The summed E-state index contributed by atoms with van der Waals surface area (Å²) in [6, 6.07) is 3.80. The molecule has 1 saturated carbocycles. The van der Waals surface area contributed by atoms with E-state index in [9.17, 15) is 4.79 Å². The minimum atomic E-state index is 0.0469. The molecule has 1 aromatic carbocycles. The summed E-state index contributed by atoms with van der Waals surface area (Å²) in [5.74, 6) is 1.58. The SMILES string of the molecule is COc1cc(C(=O)N2CC3(C)CC2CC(C)(C)C3)cc(OC)c1OC. The van der Waals surface area contributed by atoms with Crippen molar-refractivity contribution in [2.45, 2.75) is 46.1 Å². The molecule has 5 nitrogen and oxygen atoms in total. The van der Waals surface area contributed by atoms with Gasteiger partial charge in [-0.15, -0.1) is 0 Å². The van der Waals surface area contributed by atoms with Gasteiger partial charge >= 0.3 is 0 Å². The smallest absolute Gasteiger partial charge is 0.254 e. The zero-order chi connectivity index (χ0) is 18.4. The number of fused-ring (bicyclic) bond motifs is 2. The number of amides is 1. The summed E-state index contributed by atoms with van der Waals surface area (Å²) in [4.78, 5) is 15.3. The largest absolute Gasteiger partial charge is 0.493 e. The molecule has 1 amide bonds. The van der Waals surface area contributed by atoms with Crippen molar-refractivity contribution < 1.29 is 19.0 Å². The lowest BCUT2D eigenvalue weighted by Crippen LogP contribution is -2.37. The maximum Gasteiger partial charge on any atom is 0.254 e. The minimum Gasteiger partial charge on any atom is -0.493 e. The number of methoxy groups -OCH3 is 3. The Balaban J connectivity index is 1.94. The first kappa shape index (κ1) is 17.9. The lowest BCUT2D eigenvalue weighted by molar-refractivity contribution is 0.0707. The molecule has 0 aromatic heterocycles. The second-order valence-electron chi connectivity index (χ2n) is 8.56. The molecule has 0 spiro atoms. The zero-order valence-corrected chi connectivity index (χ0v) is 16.1. The third kappa shape index (κ3) is 3.16. The average Bonchev–Trinajstić information content (AvgIpc) is 2.81. The van der Waals surface area contributed by atoms with Crippen LogP contribution in [0.1, 0.15) is 50.4 Å². The van der Waals surface area contributed by atoms with Gasteiger partial charge in [0.1, 0.15) is 0 Å². The van der Waals surface area contributed by atoms with Crippen LogP contribution in [0, 0.1) is 10.8 Å². The van der Waals surface area contributed by atoms with Crippen LogP contribution in [-0.2, 0) is 0 Å². The van der Waals surface area contributed by atoms with Crippen LogP contribution in [0.5, 0.6) is 17.2 Å². The second-order valence-corrected chi connectivity index (χ2v) is 8.56. The first-order valence-electron chi connectivity index (χ1n) is 8.83. The number of hydrogen-bond acceptors (Lipinski definition) is 4. The molecule has 5 heteroatoms. The standard InChI is InChI=1S/C20H29NO4/c1-19(2)9-14-10-20(3,11-19)12-21(14)18(22)13-7-15(23-4)17(25-6)16(8-13)24-5/h7-8,14H,9-12H2,1-6H3. The third-order valence-corrected chi connectivity index (χ3v) is 5.59. The van der Waals surface area contributed by atoms with E-state index in [4.69, 9.17) is 14.2 Å². The molecule has 2 aliphatic rings. The quantitative estimate of drug-likeness (QED) is 0.832. The van der Waals surface area contributed by atoms with Crippen molar-refractivity contribution in [2.75, 3.05) is 27.9 Å². The molecule has 2 bridgehead atoms. The predicted octanol–water partition coefficient (Wildman–Crippen LogP) is 3.75. The molecule has 1 aliphatic carbocycles. The molecule has 2 atom stereocenters. The van der Waals surface area contributed by atoms with Crippen molar-refractivity contribution in [3.63, 3.8) is 0 Å². The van der Waals surface area contributed by atoms with E-state index < -0.39 is 0 Å². The van der Waals surface area contributed by atoms with Gasteiger partial charge in [0.05, 0.1) is 21.3 Å². The van der Waals surface area contributed by atoms with E-state index in [1.807, 2.05) is 0 Å². The van der Waals surface area contributed by atoms with E-state index >= 15 is 0 Å². The van der Waals surface area contributed by atoms with Crippen LogP contribution in [0.25, 0.3) is 0 Å². The molecule has 0 N–H and O–H groups in total. The van der Waals surface area contributed by atoms with Crippen LogP contribution < -0.4 is 14.2 Å². The highest BCUT2D eigenvalue weighted by molar-refractivity contribution is 5.96. The van der Waals surface area contributed by atoms with Crippen LogP contribution in [0.15, 0.2) is 12.1 Å². The van der Waals surface area contributed by atoms with Crippen molar-refractivity contribution in [1.29, 1.82) is 0 Å². The number of rotatable bonds is 4. The molecular formula is C20H29NO4. The number of ether oxygens (including phenoxy) is 3. The van der Waals surface area contributed by atoms with E-state index in [2.05, 4.69) is 25.7 Å². The molecular weight excluding hydrogens is 318 g/mol.